The van der Waals surface area contributed by atoms with Crippen LogP contribution in [0.5, 0.6) is 0 Å². The number of allylic oxidation sites excluding steroid dienone is 2. The Balaban J connectivity index is 1.44. The molecule has 11 heteroatoms. The van der Waals surface area contributed by atoms with Gasteiger partial charge in [0.1, 0.15) is 5.54 Å². The number of aromatic nitrogens is 2. The molecule has 3 atom stereocenters. The van der Waals surface area contributed by atoms with Crippen LogP contribution in [0.3, 0.4) is 0 Å². The normalized spacial score (nSPS) is 24.1. The fraction of sp³-hybridized carbons (Fsp3) is 0.412. The van der Waals surface area contributed by atoms with Crippen molar-refractivity contribution in [2.45, 2.75) is 36.6 Å². The summed E-state index contributed by atoms with van der Waals surface area (Å²) in [5, 5.41) is 8.59. The molecule has 2 aliphatic heterocycles. The van der Waals surface area contributed by atoms with E-state index in [1.165, 1.54) is 12.1 Å². The van der Waals surface area contributed by atoms with Crippen LogP contribution in [0, 0.1) is 17.6 Å². The molecular weight excluding hydrogens is 600 g/mol. The molecule has 2 aromatic carbocycles. The second-order valence-corrected chi connectivity index (χ2v) is 12.4. The molecule has 1 unspecified atom stereocenters. The monoisotopic (exact) mass is 637 g/mol. The van der Waals surface area contributed by atoms with E-state index in [4.69, 9.17) is 31.9 Å². The van der Waals surface area contributed by atoms with Gasteiger partial charge < -0.3 is 20.5 Å². The summed E-state index contributed by atoms with van der Waals surface area (Å²) in [6.45, 7) is 3.81. The van der Waals surface area contributed by atoms with E-state index in [1.54, 1.807) is 13.2 Å². The number of primary amides is 1. The molecule has 8 nitrogen and oxygen atoms in total. The van der Waals surface area contributed by atoms with Crippen LogP contribution < -0.4 is 11.1 Å². The molecule has 0 bridgehead atoms. The lowest BCUT2D eigenvalue weighted by Gasteiger charge is -2.37. The maximum absolute atomic E-state index is 14.5. The number of nitrogens with two attached hydrogens (primary N) is 1. The number of hydrogen-bond donors (Lipinski definition) is 2. The molecule has 2 saturated heterocycles. The molecule has 0 saturated carbocycles. The summed E-state index contributed by atoms with van der Waals surface area (Å²) in [4.78, 5) is 15.0. The second-order valence-electron chi connectivity index (χ2n) is 12.1. The van der Waals surface area contributed by atoms with Gasteiger partial charge in [0.2, 0.25) is 0 Å². The minimum Gasteiger partial charge on any atom is -0.383 e. The Morgan fingerprint density at radius 1 is 1.13 bits per heavy atom. The number of rotatable bonds is 9. The molecule has 1 aromatic heterocycles. The van der Waals surface area contributed by atoms with Crippen molar-refractivity contribution in [1.29, 1.82) is 0 Å². The van der Waals surface area contributed by atoms with Crippen molar-refractivity contribution in [3.8, 4) is 5.69 Å². The lowest BCUT2D eigenvalue weighted by atomic mass is 9.74. The number of nitrogens with zero attached hydrogens (tertiary/aromatic N) is 3. The summed E-state index contributed by atoms with van der Waals surface area (Å²) in [6.07, 6.45) is 7.83. The lowest BCUT2D eigenvalue weighted by molar-refractivity contribution is 0.0844. The number of hydrogen-bond acceptors (Lipinski definition) is 5. The van der Waals surface area contributed by atoms with E-state index in [-0.39, 0.29) is 17.8 Å². The maximum Gasteiger partial charge on any atom is 0.313 e. The highest BCUT2D eigenvalue weighted by Gasteiger charge is 2.45. The van der Waals surface area contributed by atoms with Gasteiger partial charge in [0, 0.05) is 64.1 Å². The van der Waals surface area contributed by atoms with E-state index in [9.17, 15) is 13.6 Å². The van der Waals surface area contributed by atoms with Gasteiger partial charge in [-0.15, -0.1) is 0 Å². The number of methoxy groups -OCH3 is 1. The van der Waals surface area contributed by atoms with E-state index in [0.29, 0.717) is 56.6 Å². The van der Waals surface area contributed by atoms with Crippen molar-refractivity contribution in [1.82, 2.24) is 20.0 Å². The van der Waals surface area contributed by atoms with Crippen LogP contribution in [-0.4, -0.2) is 67.3 Å². The molecule has 45 heavy (non-hydrogen) atoms. The van der Waals surface area contributed by atoms with E-state index in [1.807, 2.05) is 47.2 Å². The van der Waals surface area contributed by atoms with Crippen molar-refractivity contribution in [3.63, 3.8) is 0 Å². The average Bonchev–Trinajstić information content (AvgIpc) is 3.64. The highest BCUT2D eigenvalue weighted by Crippen LogP contribution is 2.47. The van der Waals surface area contributed by atoms with Gasteiger partial charge in [-0.2, -0.15) is 5.10 Å². The zero-order chi connectivity index (χ0) is 31.6. The zero-order valence-corrected chi connectivity index (χ0v) is 26.0. The van der Waals surface area contributed by atoms with Gasteiger partial charge >= 0.3 is 6.03 Å². The molecule has 0 radical (unpaired) electrons. The van der Waals surface area contributed by atoms with E-state index in [0.717, 1.165) is 35.4 Å². The van der Waals surface area contributed by atoms with Crippen LogP contribution in [0.4, 0.5) is 13.6 Å². The molecule has 238 valence electrons. The Kier molecular flexibility index (Phi) is 9.37. The topological polar surface area (TPSA) is 94.6 Å². The van der Waals surface area contributed by atoms with E-state index in [2.05, 4.69) is 16.3 Å². The van der Waals surface area contributed by atoms with Gasteiger partial charge in [0.25, 0.3) is 0 Å². The number of carbonyl (C=O) groups excluding carboxylic acids is 1. The second kappa shape index (κ2) is 13.4. The first-order chi connectivity index (χ1) is 21.8. The highest BCUT2D eigenvalue weighted by molar-refractivity contribution is 6.32. The first kappa shape index (κ1) is 31.4. The number of amides is 2. The van der Waals surface area contributed by atoms with Crippen molar-refractivity contribution in [2.75, 3.05) is 46.6 Å². The number of benzene rings is 2. The van der Waals surface area contributed by atoms with Gasteiger partial charge in [-0.05, 0) is 42.7 Å². The van der Waals surface area contributed by atoms with Gasteiger partial charge in [0.05, 0.1) is 28.7 Å². The van der Waals surface area contributed by atoms with Crippen LogP contribution >= 0.6 is 11.6 Å². The van der Waals surface area contributed by atoms with E-state index >= 15 is 0 Å². The Hall–Kier alpha value is -3.57. The van der Waals surface area contributed by atoms with Crippen LogP contribution in [0.1, 0.15) is 48.0 Å². The quantitative estimate of drug-likeness (QED) is 0.309. The fourth-order valence-corrected chi connectivity index (χ4v) is 7.53. The molecule has 3 N–H and O–H groups in total. The molecule has 3 heterocycles. The molecule has 2 amide bonds. The van der Waals surface area contributed by atoms with Crippen molar-refractivity contribution in [3.05, 3.63) is 106 Å². The average molecular weight is 638 g/mol. The number of nitrogens with one attached hydrogen (secondary N) is 1. The smallest absolute Gasteiger partial charge is 0.313 e. The number of para-hydroxylation sites is 1. The van der Waals surface area contributed by atoms with Crippen molar-refractivity contribution >= 4 is 17.6 Å². The summed E-state index contributed by atoms with van der Waals surface area (Å²) in [5.74, 6) is -1.83. The number of urea groups is 1. The molecule has 0 spiro atoms. The fourth-order valence-electron chi connectivity index (χ4n) is 7.09. The number of ether oxygens (including phenoxy) is 2. The van der Waals surface area contributed by atoms with Gasteiger partial charge in [-0.1, -0.05) is 59.7 Å². The third kappa shape index (κ3) is 6.42. The molecule has 3 aromatic rings. The van der Waals surface area contributed by atoms with Crippen LogP contribution in [-0.2, 0) is 15.0 Å². The predicted octanol–water partition coefficient (Wildman–Crippen LogP) is 5.81. The minimum atomic E-state index is -1.13. The summed E-state index contributed by atoms with van der Waals surface area (Å²) < 4.78 is 41.2. The first-order valence-electron chi connectivity index (χ1n) is 15.3. The highest BCUT2D eigenvalue weighted by atomic mass is 35.5. The zero-order valence-electron chi connectivity index (χ0n) is 25.2. The van der Waals surface area contributed by atoms with Gasteiger partial charge in [-0.25, -0.2) is 18.3 Å². The Labute approximate surface area is 266 Å². The summed E-state index contributed by atoms with van der Waals surface area (Å²) >= 11 is 7.29. The number of likely N-dealkylation sites (tertiary alicyclic amines) is 1. The van der Waals surface area contributed by atoms with E-state index < -0.39 is 23.2 Å². The SMILES string of the molecule is COCCN1C[C@H](C2=CC=CC(NC(N)=O)(c3c(Cl)c(C4CCOCC4)nn3-c3ccccc3)C2)[C@H](c2ccc(F)c(F)c2)C1. The standard InChI is InChI=1S/C34H38ClF2N5O3/c1-44-17-14-41-20-26(23-9-10-28(36)29(37)18-23)27(21-41)24-6-5-13-34(19-24,39-33(38)43)32-30(35)31(22-11-15-45-16-12-22)40-42(32)25-7-3-2-4-8-25/h2-10,13,18,22,26-27H,11-12,14-17,19-21H2,1H3,(H3,38,39,43)/t26-,27+,34?/m0/s1. The summed E-state index contributed by atoms with van der Waals surface area (Å²) in [7, 11) is 1.66. The Morgan fingerprint density at radius 2 is 1.89 bits per heavy atom. The first-order valence-corrected chi connectivity index (χ1v) is 15.7. The van der Waals surface area contributed by atoms with Crippen molar-refractivity contribution in [2.24, 2.45) is 11.7 Å². The van der Waals surface area contributed by atoms with Crippen molar-refractivity contribution < 1.29 is 23.0 Å². The minimum absolute atomic E-state index is 0.0624. The molecule has 2 fully saturated rings. The summed E-state index contributed by atoms with van der Waals surface area (Å²) in [5.41, 5.74) is 8.68. The van der Waals surface area contributed by atoms with Crippen LogP contribution in [0.15, 0.2) is 72.3 Å². The van der Waals surface area contributed by atoms with Gasteiger partial charge in [-0.3, -0.25) is 4.90 Å². The lowest BCUT2D eigenvalue weighted by Crippen LogP contribution is -2.49. The third-order valence-electron chi connectivity index (χ3n) is 9.26. The Morgan fingerprint density at radius 3 is 2.60 bits per heavy atom. The van der Waals surface area contributed by atoms with Crippen LogP contribution in [0.2, 0.25) is 5.02 Å². The van der Waals surface area contributed by atoms with Crippen LogP contribution in [0.25, 0.3) is 5.69 Å². The van der Waals surface area contributed by atoms with Gasteiger partial charge in [0.15, 0.2) is 11.6 Å². The largest absolute Gasteiger partial charge is 0.383 e. The summed E-state index contributed by atoms with van der Waals surface area (Å²) in [6, 6.07) is 13.1. The molecule has 6 rings (SSSR count). The number of halogens is 3. The predicted molar refractivity (Wildman–Crippen MR) is 169 cm³/mol. The number of carbonyl (C=O) groups is 1. The molecule has 1 aliphatic carbocycles. The molecular formula is C34H38ClF2N5O3. The molecule has 3 aliphatic rings. The maximum atomic E-state index is 14.5. The third-order valence-corrected chi connectivity index (χ3v) is 9.63. The Bertz CT molecular complexity index is 1590.